The van der Waals surface area contributed by atoms with Crippen molar-refractivity contribution in [3.8, 4) is 5.69 Å². The minimum atomic E-state index is -1.08. The molecule has 0 bridgehead atoms. The lowest BCUT2D eigenvalue weighted by molar-refractivity contribution is 0.0690. The van der Waals surface area contributed by atoms with E-state index in [2.05, 4.69) is 5.10 Å². The van der Waals surface area contributed by atoms with Crippen molar-refractivity contribution in [1.29, 1.82) is 0 Å². The second-order valence-corrected chi connectivity index (χ2v) is 4.09. The highest BCUT2D eigenvalue weighted by molar-refractivity contribution is 7.98. The molecule has 0 amide bonds. The van der Waals surface area contributed by atoms with Crippen LogP contribution >= 0.6 is 11.8 Å². The van der Waals surface area contributed by atoms with Crippen LogP contribution in [0, 0.1) is 5.82 Å². The molecule has 0 aliphatic carbocycles. The summed E-state index contributed by atoms with van der Waals surface area (Å²) in [6.07, 6.45) is 1.82. The fourth-order valence-electron chi connectivity index (χ4n) is 1.38. The highest BCUT2D eigenvalue weighted by Gasteiger charge is 2.13. The van der Waals surface area contributed by atoms with Gasteiger partial charge < -0.3 is 5.11 Å². The molecule has 0 aliphatic heterocycles. The van der Waals surface area contributed by atoms with Gasteiger partial charge in [-0.1, -0.05) is 0 Å². The summed E-state index contributed by atoms with van der Waals surface area (Å²) in [6.45, 7) is 0. The first-order valence-corrected chi connectivity index (χ1v) is 5.97. The summed E-state index contributed by atoms with van der Waals surface area (Å²) in [6, 6.07) is 7.20. The van der Waals surface area contributed by atoms with Crippen LogP contribution in [0.4, 0.5) is 4.39 Å². The number of thioether (sulfide) groups is 1. The number of benzene rings is 1. The molecule has 1 N–H and O–H groups in total. The van der Waals surface area contributed by atoms with Crippen LogP contribution in [0.5, 0.6) is 0 Å². The van der Waals surface area contributed by atoms with Crippen LogP contribution in [-0.4, -0.2) is 27.1 Å². The number of aromatic nitrogens is 2. The smallest absolute Gasteiger partial charge is 0.356 e. The number of aromatic carboxylic acids is 1. The maximum Gasteiger partial charge on any atom is 0.356 e. The van der Waals surface area contributed by atoms with Crippen molar-refractivity contribution in [2.24, 2.45) is 0 Å². The summed E-state index contributed by atoms with van der Waals surface area (Å²) in [5.74, 6) is -1.42. The molecule has 6 heteroatoms. The largest absolute Gasteiger partial charge is 0.476 e. The third kappa shape index (κ3) is 2.31. The van der Waals surface area contributed by atoms with Crippen LogP contribution in [0.1, 0.15) is 10.5 Å². The van der Waals surface area contributed by atoms with Crippen molar-refractivity contribution in [1.82, 2.24) is 9.78 Å². The van der Waals surface area contributed by atoms with Crippen molar-refractivity contribution in [2.75, 3.05) is 6.26 Å². The summed E-state index contributed by atoms with van der Waals surface area (Å²) in [5, 5.41) is 13.5. The first-order valence-electron chi connectivity index (χ1n) is 4.75. The van der Waals surface area contributed by atoms with Gasteiger partial charge >= 0.3 is 5.97 Å². The summed E-state index contributed by atoms with van der Waals surface area (Å²) in [7, 11) is 0. The van der Waals surface area contributed by atoms with Crippen molar-refractivity contribution in [3.05, 3.63) is 41.8 Å². The number of nitrogens with zero attached hydrogens (tertiary/aromatic N) is 2. The van der Waals surface area contributed by atoms with Gasteiger partial charge in [-0.2, -0.15) is 5.10 Å². The second kappa shape index (κ2) is 4.58. The van der Waals surface area contributed by atoms with E-state index in [1.165, 1.54) is 34.6 Å². The lowest BCUT2D eigenvalue weighted by Gasteiger charge is -2.04. The van der Waals surface area contributed by atoms with Gasteiger partial charge in [0, 0.05) is 6.07 Å². The number of hydrogen-bond donors (Lipinski definition) is 1. The van der Waals surface area contributed by atoms with E-state index >= 15 is 0 Å². The van der Waals surface area contributed by atoms with E-state index < -0.39 is 5.97 Å². The molecule has 2 rings (SSSR count). The molecule has 0 saturated carbocycles. The average Bonchev–Trinajstić information content (AvgIpc) is 2.74. The topological polar surface area (TPSA) is 55.1 Å². The highest BCUT2D eigenvalue weighted by Crippen LogP contribution is 2.21. The van der Waals surface area contributed by atoms with Gasteiger partial charge in [-0.15, -0.1) is 11.8 Å². The molecule has 0 saturated heterocycles. The van der Waals surface area contributed by atoms with E-state index in [9.17, 15) is 9.18 Å². The molecular weight excluding hydrogens is 243 g/mol. The van der Waals surface area contributed by atoms with E-state index in [1.807, 2.05) is 6.26 Å². The summed E-state index contributed by atoms with van der Waals surface area (Å²) in [4.78, 5) is 10.8. The summed E-state index contributed by atoms with van der Waals surface area (Å²) < 4.78 is 14.3. The number of hydrogen-bond acceptors (Lipinski definition) is 3. The fourth-order valence-corrected chi connectivity index (χ4v) is 1.93. The van der Waals surface area contributed by atoms with Crippen molar-refractivity contribution >= 4 is 17.7 Å². The van der Waals surface area contributed by atoms with Gasteiger partial charge in [-0.05, 0) is 30.5 Å². The average molecular weight is 252 g/mol. The van der Waals surface area contributed by atoms with Crippen LogP contribution in [0.3, 0.4) is 0 Å². The zero-order chi connectivity index (χ0) is 12.4. The highest BCUT2D eigenvalue weighted by atomic mass is 32.2. The van der Waals surface area contributed by atoms with Crippen LogP contribution < -0.4 is 0 Å². The lowest BCUT2D eigenvalue weighted by atomic mass is 10.3. The third-order valence-electron chi connectivity index (χ3n) is 2.18. The number of carboxylic acids is 1. The Morgan fingerprint density at radius 3 is 2.59 bits per heavy atom. The summed E-state index contributed by atoms with van der Waals surface area (Å²) >= 11 is 1.38. The Labute approximate surface area is 101 Å². The Balaban J connectivity index is 2.50. The van der Waals surface area contributed by atoms with Crippen molar-refractivity contribution in [3.63, 3.8) is 0 Å². The number of halogens is 1. The van der Waals surface area contributed by atoms with Crippen molar-refractivity contribution < 1.29 is 14.3 Å². The first kappa shape index (κ1) is 11.7. The molecule has 2 aromatic rings. The van der Waals surface area contributed by atoms with Crippen molar-refractivity contribution in [2.45, 2.75) is 5.03 Å². The molecule has 17 heavy (non-hydrogen) atoms. The summed E-state index contributed by atoms with van der Waals surface area (Å²) in [5.41, 5.74) is 0.599. The molecule has 0 atom stereocenters. The normalized spacial score (nSPS) is 10.5. The van der Waals surface area contributed by atoms with Gasteiger partial charge in [-0.25, -0.2) is 13.9 Å². The molecule has 4 nitrogen and oxygen atoms in total. The van der Waals surface area contributed by atoms with E-state index in [0.717, 1.165) is 0 Å². The Kier molecular flexibility index (Phi) is 3.14. The Hall–Kier alpha value is -1.82. The van der Waals surface area contributed by atoms with Gasteiger partial charge in [0.2, 0.25) is 0 Å². The molecular formula is C11H9FN2O2S. The van der Waals surface area contributed by atoms with Gasteiger partial charge in [0.05, 0.1) is 5.69 Å². The van der Waals surface area contributed by atoms with Crippen LogP contribution in [-0.2, 0) is 0 Å². The Morgan fingerprint density at radius 2 is 2.06 bits per heavy atom. The minimum absolute atomic E-state index is 0.0290. The molecule has 1 aromatic carbocycles. The molecule has 0 spiro atoms. The van der Waals surface area contributed by atoms with Crippen LogP contribution in [0.15, 0.2) is 35.4 Å². The maximum absolute atomic E-state index is 12.8. The first-order chi connectivity index (χ1) is 8.11. The second-order valence-electron chi connectivity index (χ2n) is 3.27. The molecule has 1 aromatic heterocycles. The third-order valence-corrected chi connectivity index (χ3v) is 2.89. The van der Waals surface area contributed by atoms with Gasteiger partial charge in [0.15, 0.2) is 5.69 Å². The SMILES string of the molecule is CSc1cc(C(=O)O)nn1-c1ccc(F)cc1. The van der Waals surface area contributed by atoms with Gasteiger partial charge in [0.25, 0.3) is 0 Å². The van der Waals surface area contributed by atoms with Gasteiger partial charge in [0.1, 0.15) is 10.8 Å². The molecule has 88 valence electrons. The zero-order valence-electron chi connectivity index (χ0n) is 8.92. The van der Waals surface area contributed by atoms with Crippen LogP contribution in [0.25, 0.3) is 5.69 Å². The molecule has 0 fully saturated rings. The standard InChI is InChI=1S/C11H9FN2O2S/c1-17-10-6-9(11(15)16)13-14(10)8-4-2-7(12)3-5-8/h2-6H,1H3,(H,15,16). The Bertz CT molecular complexity index is 551. The zero-order valence-corrected chi connectivity index (χ0v) is 9.74. The molecule has 0 aliphatic rings. The number of carboxylic acid groups (broad SMARTS) is 1. The Morgan fingerprint density at radius 1 is 1.41 bits per heavy atom. The van der Waals surface area contributed by atoms with Crippen LogP contribution in [0.2, 0.25) is 0 Å². The molecule has 0 radical (unpaired) electrons. The maximum atomic E-state index is 12.8. The van der Waals surface area contributed by atoms with E-state index in [-0.39, 0.29) is 11.5 Å². The lowest BCUT2D eigenvalue weighted by Crippen LogP contribution is -2.01. The predicted molar refractivity (Wildman–Crippen MR) is 62.3 cm³/mol. The monoisotopic (exact) mass is 252 g/mol. The van der Waals surface area contributed by atoms with E-state index in [0.29, 0.717) is 10.7 Å². The molecule has 0 unspecified atom stereocenters. The minimum Gasteiger partial charge on any atom is -0.476 e. The number of carbonyl (C=O) groups is 1. The van der Waals surface area contributed by atoms with Gasteiger partial charge in [-0.3, -0.25) is 0 Å². The molecule has 1 heterocycles. The van der Waals surface area contributed by atoms with E-state index in [1.54, 1.807) is 12.1 Å². The number of rotatable bonds is 3. The quantitative estimate of drug-likeness (QED) is 0.852. The fraction of sp³-hybridized carbons (Fsp3) is 0.0909. The van der Waals surface area contributed by atoms with E-state index in [4.69, 9.17) is 5.11 Å². The predicted octanol–water partition coefficient (Wildman–Crippen LogP) is 2.43.